The maximum absolute atomic E-state index is 12.6. The third kappa shape index (κ3) is 2.42. The first-order chi connectivity index (χ1) is 10.4. The number of aliphatic carboxylic acids is 1. The Morgan fingerprint density at radius 1 is 1.41 bits per heavy atom. The first-order valence-corrected chi connectivity index (χ1v) is 8.15. The van der Waals surface area contributed by atoms with E-state index in [1.165, 1.54) is 18.2 Å². The van der Waals surface area contributed by atoms with Crippen molar-refractivity contribution in [3.8, 4) is 5.75 Å². The number of nitrogens with zero attached hydrogens (tertiary/aromatic N) is 1. The molecule has 2 aliphatic heterocycles. The molecule has 9 heteroatoms. The maximum Gasteiger partial charge on any atom is 0.322 e. The van der Waals surface area contributed by atoms with Crippen LogP contribution in [-0.4, -0.2) is 48.9 Å². The van der Waals surface area contributed by atoms with Crippen molar-refractivity contribution in [3.63, 3.8) is 0 Å². The number of carbonyl (C=O) groups excluding carboxylic acids is 1. The fourth-order valence-corrected chi connectivity index (χ4v) is 4.31. The van der Waals surface area contributed by atoms with Crippen LogP contribution < -0.4 is 10.1 Å². The van der Waals surface area contributed by atoms with Crippen molar-refractivity contribution in [3.05, 3.63) is 18.2 Å². The van der Waals surface area contributed by atoms with E-state index in [0.717, 1.165) is 4.31 Å². The number of anilines is 1. The van der Waals surface area contributed by atoms with Crippen LogP contribution in [0.5, 0.6) is 5.75 Å². The molecule has 1 aromatic carbocycles. The molecule has 0 aromatic heterocycles. The zero-order chi connectivity index (χ0) is 15.9. The molecule has 2 aliphatic rings. The first kappa shape index (κ1) is 14.8. The van der Waals surface area contributed by atoms with Gasteiger partial charge in [0.2, 0.25) is 10.0 Å². The standard InChI is InChI=1S/C13H14N2O6S/c16-12-7-21-11-4-3-8(6-9(11)14-12)22(19,20)15-5-1-2-10(15)13(17)18/h3-4,6,10H,1-2,5,7H2,(H,14,16)(H,17,18). The number of sulfonamides is 1. The third-order valence-electron chi connectivity index (χ3n) is 3.68. The van der Waals surface area contributed by atoms with Crippen LogP contribution in [0.1, 0.15) is 12.8 Å². The number of carboxylic acids is 1. The molecule has 118 valence electrons. The van der Waals surface area contributed by atoms with E-state index in [2.05, 4.69) is 5.32 Å². The summed E-state index contributed by atoms with van der Waals surface area (Å²) in [5.74, 6) is -1.14. The summed E-state index contributed by atoms with van der Waals surface area (Å²) >= 11 is 0. The van der Waals surface area contributed by atoms with Gasteiger partial charge in [0.1, 0.15) is 11.8 Å². The van der Waals surface area contributed by atoms with Gasteiger partial charge in [-0.15, -0.1) is 0 Å². The van der Waals surface area contributed by atoms with Crippen LogP contribution in [0.2, 0.25) is 0 Å². The number of benzene rings is 1. The molecular weight excluding hydrogens is 312 g/mol. The normalized spacial score (nSPS) is 21.8. The summed E-state index contributed by atoms with van der Waals surface area (Å²) in [5.41, 5.74) is 0.267. The lowest BCUT2D eigenvalue weighted by molar-refractivity contribution is -0.140. The Morgan fingerprint density at radius 2 is 2.18 bits per heavy atom. The predicted octanol–water partition coefficient (Wildman–Crippen LogP) is 0.255. The highest BCUT2D eigenvalue weighted by Crippen LogP contribution is 2.33. The van der Waals surface area contributed by atoms with Crippen molar-refractivity contribution >= 4 is 27.6 Å². The van der Waals surface area contributed by atoms with Gasteiger partial charge in [-0.1, -0.05) is 0 Å². The van der Waals surface area contributed by atoms with E-state index in [1.807, 2.05) is 0 Å². The molecule has 0 radical (unpaired) electrons. The van der Waals surface area contributed by atoms with Crippen LogP contribution in [-0.2, 0) is 19.6 Å². The zero-order valence-electron chi connectivity index (χ0n) is 11.5. The van der Waals surface area contributed by atoms with E-state index < -0.39 is 22.0 Å². The number of carboxylic acid groups (broad SMARTS) is 1. The van der Waals surface area contributed by atoms with Gasteiger partial charge in [-0.3, -0.25) is 9.59 Å². The summed E-state index contributed by atoms with van der Waals surface area (Å²) in [5, 5.41) is 11.7. The van der Waals surface area contributed by atoms with E-state index in [4.69, 9.17) is 9.84 Å². The second kappa shape index (κ2) is 5.25. The molecule has 1 atom stereocenters. The molecular formula is C13H14N2O6S. The lowest BCUT2D eigenvalue weighted by Gasteiger charge is -2.23. The number of rotatable bonds is 3. The molecule has 1 saturated heterocycles. The Labute approximate surface area is 126 Å². The lowest BCUT2D eigenvalue weighted by atomic mass is 10.2. The molecule has 0 aliphatic carbocycles. The van der Waals surface area contributed by atoms with Crippen LogP contribution in [0, 0.1) is 0 Å². The van der Waals surface area contributed by atoms with Gasteiger partial charge >= 0.3 is 5.97 Å². The Morgan fingerprint density at radius 3 is 2.91 bits per heavy atom. The van der Waals surface area contributed by atoms with Crippen LogP contribution in [0.25, 0.3) is 0 Å². The quantitative estimate of drug-likeness (QED) is 0.823. The summed E-state index contributed by atoms with van der Waals surface area (Å²) in [7, 11) is -3.94. The summed E-state index contributed by atoms with van der Waals surface area (Å²) in [6, 6.07) is 3.04. The van der Waals surface area contributed by atoms with Crippen LogP contribution >= 0.6 is 0 Å². The zero-order valence-corrected chi connectivity index (χ0v) is 12.3. The first-order valence-electron chi connectivity index (χ1n) is 6.71. The van der Waals surface area contributed by atoms with Gasteiger partial charge in [-0.2, -0.15) is 4.31 Å². The highest BCUT2D eigenvalue weighted by atomic mass is 32.2. The van der Waals surface area contributed by atoms with E-state index in [0.29, 0.717) is 18.6 Å². The minimum atomic E-state index is -3.94. The number of fused-ring (bicyclic) bond motifs is 1. The number of carbonyl (C=O) groups is 2. The van der Waals surface area contributed by atoms with E-state index in [9.17, 15) is 18.0 Å². The van der Waals surface area contributed by atoms with E-state index in [1.54, 1.807) is 0 Å². The molecule has 1 fully saturated rings. The van der Waals surface area contributed by atoms with Crippen molar-refractivity contribution in [2.45, 2.75) is 23.8 Å². The summed E-state index contributed by atoms with van der Waals surface area (Å²) in [6.07, 6.45) is 0.792. The molecule has 2 heterocycles. The Kier molecular flexibility index (Phi) is 3.53. The number of hydrogen-bond acceptors (Lipinski definition) is 5. The summed E-state index contributed by atoms with van der Waals surface area (Å²) in [6.45, 7) is 0.0472. The lowest BCUT2D eigenvalue weighted by Crippen LogP contribution is -2.40. The summed E-state index contributed by atoms with van der Waals surface area (Å²) < 4.78 is 31.4. The predicted molar refractivity (Wildman–Crippen MR) is 75.1 cm³/mol. The van der Waals surface area contributed by atoms with Gasteiger partial charge in [-0.05, 0) is 31.0 Å². The Bertz CT molecular complexity index is 745. The maximum atomic E-state index is 12.6. The van der Waals surface area contributed by atoms with Gasteiger partial charge < -0.3 is 15.2 Å². The molecule has 0 saturated carbocycles. The van der Waals surface area contributed by atoms with Crippen molar-refractivity contribution < 1.29 is 27.9 Å². The SMILES string of the molecule is O=C1COc2ccc(S(=O)(=O)N3CCCC3C(=O)O)cc2N1. The van der Waals surface area contributed by atoms with Crippen LogP contribution in [0.3, 0.4) is 0 Å². The fraction of sp³-hybridized carbons (Fsp3) is 0.385. The highest BCUT2D eigenvalue weighted by molar-refractivity contribution is 7.89. The van der Waals surface area contributed by atoms with Gasteiger partial charge in [0.05, 0.1) is 10.6 Å². The van der Waals surface area contributed by atoms with Crippen molar-refractivity contribution in [2.75, 3.05) is 18.5 Å². The van der Waals surface area contributed by atoms with Gasteiger partial charge in [0.15, 0.2) is 6.61 Å². The Balaban J connectivity index is 1.97. The molecule has 1 unspecified atom stereocenters. The van der Waals surface area contributed by atoms with Crippen molar-refractivity contribution in [1.82, 2.24) is 4.31 Å². The van der Waals surface area contributed by atoms with Crippen LogP contribution in [0.15, 0.2) is 23.1 Å². The average molecular weight is 326 g/mol. The molecule has 22 heavy (non-hydrogen) atoms. The van der Waals surface area contributed by atoms with Gasteiger partial charge in [-0.25, -0.2) is 8.42 Å². The number of hydrogen-bond donors (Lipinski definition) is 2. The molecule has 0 spiro atoms. The number of amides is 1. The minimum absolute atomic E-state index is 0.0646. The second-order valence-corrected chi connectivity index (χ2v) is 7.00. The van der Waals surface area contributed by atoms with Gasteiger partial charge in [0, 0.05) is 6.54 Å². The van der Waals surface area contributed by atoms with E-state index >= 15 is 0 Å². The monoisotopic (exact) mass is 326 g/mol. The summed E-state index contributed by atoms with van der Waals surface area (Å²) in [4.78, 5) is 22.4. The number of ether oxygens (including phenoxy) is 1. The van der Waals surface area contributed by atoms with E-state index in [-0.39, 0.29) is 29.6 Å². The highest BCUT2D eigenvalue weighted by Gasteiger charge is 2.39. The van der Waals surface area contributed by atoms with Crippen molar-refractivity contribution in [2.24, 2.45) is 0 Å². The number of nitrogens with one attached hydrogen (secondary N) is 1. The van der Waals surface area contributed by atoms with Crippen molar-refractivity contribution in [1.29, 1.82) is 0 Å². The Hall–Kier alpha value is -2.13. The largest absolute Gasteiger partial charge is 0.482 e. The third-order valence-corrected chi connectivity index (χ3v) is 5.58. The molecule has 0 bridgehead atoms. The fourth-order valence-electron chi connectivity index (χ4n) is 2.63. The molecule has 3 rings (SSSR count). The van der Waals surface area contributed by atoms with Gasteiger partial charge in [0.25, 0.3) is 5.91 Å². The molecule has 8 nitrogen and oxygen atoms in total. The molecule has 1 amide bonds. The average Bonchev–Trinajstić information content (AvgIpc) is 2.96. The smallest absolute Gasteiger partial charge is 0.322 e. The molecule has 2 N–H and O–H groups in total. The van der Waals surface area contributed by atoms with Crippen LogP contribution in [0.4, 0.5) is 5.69 Å². The minimum Gasteiger partial charge on any atom is -0.482 e. The second-order valence-electron chi connectivity index (χ2n) is 5.11. The molecule has 1 aromatic rings. The topological polar surface area (TPSA) is 113 Å².